The first-order valence-electron chi connectivity index (χ1n) is 10.0. The first-order chi connectivity index (χ1) is 15.1. The molecule has 0 aliphatic heterocycles. The number of ether oxygens (including phenoxy) is 2. The molecular weight excluding hydrogens is 394 g/mol. The molecule has 0 fully saturated rings. The van der Waals surface area contributed by atoms with Gasteiger partial charge in [0.15, 0.2) is 17.0 Å². The Bertz CT molecular complexity index is 1190. The number of hydrogen-bond donors (Lipinski definition) is 2. The van der Waals surface area contributed by atoms with Crippen molar-refractivity contribution in [3.05, 3.63) is 53.9 Å². The highest BCUT2D eigenvalue weighted by atomic mass is 16.5. The number of rotatable bonds is 8. The van der Waals surface area contributed by atoms with Gasteiger partial charge in [-0.05, 0) is 31.2 Å². The third-order valence-corrected chi connectivity index (χ3v) is 4.83. The van der Waals surface area contributed by atoms with E-state index in [-0.39, 0.29) is 11.8 Å². The highest BCUT2D eigenvalue weighted by Gasteiger charge is 2.19. The Kier molecular flexibility index (Phi) is 5.94. The molecule has 1 aromatic carbocycles. The van der Waals surface area contributed by atoms with Crippen molar-refractivity contribution in [3.8, 4) is 23.1 Å². The SMILES string of the molecule is CCOc1nc(N)c2nc(-c3cncc(OC)c3)n(Cc3ccc(CNC)cc3)c2n1. The summed E-state index contributed by atoms with van der Waals surface area (Å²) in [5.74, 6) is 1.59. The topological polar surface area (TPSA) is 113 Å². The normalized spacial score (nSPS) is 11.1. The Hall–Kier alpha value is -3.72. The standard InChI is InChI=1S/C22H25N7O2/c1-4-31-22-27-19(23)18-21(28-22)29(13-15-7-5-14(6-8-15)10-24-2)20(26-18)16-9-17(30-3)12-25-11-16/h5-9,11-12,24H,4,10,13H2,1-3H3,(H2,23,27,28). The Labute approximate surface area is 180 Å². The maximum absolute atomic E-state index is 6.20. The fraction of sp³-hybridized carbons (Fsp3) is 0.273. The monoisotopic (exact) mass is 419 g/mol. The van der Waals surface area contributed by atoms with E-state index in [0.717, 1.165) is 17.7 Å². The van der Waals surface area contributed by atoms with Gasteiger partial charge < -0.3 is 25.1 Å². The molecule has 4 rings (SSSR count). The van der Waals surface area contributed by atoms with Crippen LogP contribution in [0.15, 0.2) is 42.7 Å². The number of pyridine rings is 1. The lowest BCUT2D eigenvalue weighted by Crippen LogP contribution is -2.07. The van der Waals surface area contributed by atoms with E-state index in [1.165, 1.54) is 5.56 Å². The largest absolute Gasteiger partial charge is 0.495 e. The molecule has 9 nitrogen and oxygen atoms in total. The first kappa shape index (κ1) is 20.5. The molecule has 3 heterocycles. The summed E-state index contributed by atoms with van der Waals surface area (Å²) in [6.07, 6.45) is 3.39. The molecule has 0 aliphatic carbocycles. The van der Waals surface area contributed by atoms with E-state index in [9.17, 15) is 0 Å². The Morgan fingerprint density at radius 2 is 1.84 bits per heavy atom. The van der Waals surface area contributed by atoms with Crippen LogP contribution in [0.25, 0.3) is 22.6 Å². The number of nitrogen functional groups attached to an aromatic ring is 1. The number of nitrogens with one attached hydrogen (secondary N) is 1. The van der Waals surface area contributed by atoms with E-state index >= 15 is 0 Å². The minimum atomic E-state index is 0.230. The zero-order chi connectivity index (χ0) is 21.8. The average molecular weight is 419 g/mol. The van der Waals surface area contributed by atoms with Crippen LogP contribution in [0.4, 0.5) is 5.82 Å². The second-order valence-electron chi connectivity index (χ2n) is 6.98. The summed E-state index contributed by atoms with van der Waals surface area (Å²) in [5, 5.41) is 3.16. The van der Waals surface area contributed by atoms with E-state index in [2.05, 4.69) is 44.5 Å². The van der Waals surface area contributed by atoms with Crippen molar-refractivity contribution in [1.29, 1.82) is 0 Å². The molecule has 0 atom stereocenters. The van der Waals surface area contributed by atoms with E-state index in [0.29, 0.717) is 35.9 Å². The van der Waals surface area contributed by atoms with Crippen LogP contribution in [-0.4, -0.2) is 45.3 Å². The highest BCUT2D eigenvalue weighted by molar-refractivity contribution is 5.86. The number of hydrogen-bond acceptors (Lipinski definition) is 8. The number of imidazole rings is 1. The van der Waals surface area contributed by atoms with Crippen LogP contribution in [0.5, 0.6) is 11.8 Å². The Morgan fingerprint density at radius 3 is 2.55 bits per heavy atom. The van der Waals surface area contributed by atoms with Gasteiger partial charge in [-0.1, -0.05) is 24.3 Å². The van der Waals surface area contributed by atoms with Crippen LogP contribution in [-0.2, 0) is 13.1 Å². The van der Waals surface area contributed by atoms with E-state index in [4.69, 9.17) is 20.2 Å². The molecule has 4 aromatic rings. The van der Waals surface area contributed by atoms with Crippen molar-refractivity contribution in [2.45, 2.75) is 20.0 Å². The van der Waals surface area contributed by atoms with Crippen molar-refractivity contribution < 1.29 is 9.47 Å². The summed E-state index contributed by atoms with van der Waals surface area (Å²) in [7, 11) is 3.54. The molecule has 0 saturated carbocycles. The summed E-state index contributed by atoms with van der Waals surface area (Å²) in [6.45, 7) is 3.68. The smallest absolute Gasteiger partial charge is 0.320 e. The second-order valence-corrected chi connectivity index (χ2v) is 6.98. The number of anilines is 1. The van der Waals surface area contributed by atoms with Crippen molar-refractivity contribution in [2.24, 2.45) is 0 Å². The molecule has 0 aliphatic rings. The summed E-state index contributed by atoms with van der Waals surface area (Å²) in [4.78, 5) is 17.8. The van der Waals surface area contributed by atoms with Gasteiger partial charge in [0.2, 0.25) is 0 Å². The lowest BCUT2D eigenvalue weighted by Gasteiger charge is -2.11. The molecule has 0 saturated heterocycles. The molecule has 0 unspecified atom stereocenters. The molecule has 3 aromatic heterocycles. The summed E-state index contributed by atoms with van der Waals surface area (Å²) in [5.41, 5.74) is 10.4. The Morgan fingerprint density at radius 1 is 1.06 bits per heavy atom. The second kappa shape index (κ2) is 8.97. The van der Waals surface area contributed by atoms with Crippen LogP contribution in [0.3, 0.4) is 0 Å². The van der Waals surface area contributed by atoms with Gasteiger partial charge in [-0.15, -0.1) is 0 Å². The van der Waals surface area contributed by atoms with E-state index in [1.54, 1.807) is 19.5 Å². The first-order valence-corrected chi connectivity index (χ1v) is 10.0. The van der Waals surface area contributed by atoms with Crippen LogP contribution < -0.4 is 20.5 Å². The quantitative estimate of drug-likeness (QED) is 0.448. The summed E-state index contributed by atoms with van der Waals surface area (Å²) >= 11 is 0. The van der Waals surface area contributed by atoms with Gasteiger partial charge in [-0.3, -0.25) is 4.98 Å². The van der Waals surface area contributed by atoms with Gasteiger partial charge in [-0.2, -0.15) is 9.97 Å². The maximum atomic E-state index is 6.20. The fourth-order valence-corrected chi connectivity index (χ4v) is 3.37. The van der Waals surface area contributed by atoms with Gasteiger partial charge in [0.1, 0.15) is 11.6 Å². The van der Waals surface area contributed by atoms with E-state index in [1.807, 2.05) is 24.6 Å². The van der Waals surface area contributed by atoms with Gasteiger partial charge >= 0.3 is 6.01 Å². The number of methoxy groups -OCH3 is 1. The molecule has 0 spiro atoms. The zero-order valence-corrected chi connectivity index (χ0v) is 17.8. The predicted molar refractivity (Wildman–Crippen MR) is 119 cm³/mol. The van der Waals surface area contributed by atoms with Gasteiger partial charge in [0, 0.05) is 18.3 Å². The number of nitrogens with two attached hydrogens (primary N) is 1. The van der Waals surface area contributed by atoms with Crippen molar-refractivity contribution in [3.63, 3.8) is 0 Å². The van der Waals surface area contributed by atoms with Crippen molar-refractivity contribution in [2.75, 3.05) is 26.5 Å². The molecule has 160 valence electrons. The van der Waals surface area contributed by atoms with Crippen LogP contribution >= 0.6 is 0 Å². The van der Waals surface area contributed by atoms with Gasteiger partial charge in [-0.25, -0.2) is 4.98 Å². The van der Waals surface area contributed by atoms with Crippen molar-refractivity contribution >= 4 is 17.0 Å². The molecule has 0 bridgehead atoms. The van der Waals surface area contributed by atoms with Gasteiger partial charge in [0.25, 0.3) is 0 Å². The fourth-order valence-electron chi connectivity index (χ4n) is 3.37. The number of fused-ring (bicyclic) bond motifs is 1. The minimum Gasteiger partial charge on any atom is -0.495 e. The average Bonchev–Trinajstić information content (AvgIpc) is 3.14. The third kappa shape index (κ3) is 4.26. The van der Waals surface area contributed by atoms with Crippen LogP contribution in [0, 0.1) is 0 Å². The molecule has 0 amide bonds. The third-order valence-electron chi connectivity index (χ3n) is 4.83. The molecule has 0 radical (unpaired) electrons. The summed E-state index contributed by atoms with van der Waals surface area (Å²) in [6, 6.07) is 10.5. The number of benzene rings is 1. The zero-order valence-electron chi connectivity index (χ0n) is 17.8. The van der Waals surface area contributed by atoms with Crippen LogP contribution in [0.2, 0.25) is 0 Å². The highest BCUT2D eigenvalue weighted by Crippen LogP contribution is 2.29. The molecule has 9 heteroatoms. The lowest BCUT2D eigenvalue weighted by atomic mass is 10.1. The lowest BCUT2D eigenvalue weighted by molar-refractivity contribution is 0.314. The van der Waals surface area contributed by atoms with E-state index < -0.39 is 0 Å². The molecule has 3 N–H and O–H groups in total. The Balaban J connectivity index is 1.86. The number of aromatic nitrogens is 5. The maximum Gasteiger partial charge on any atom is 0.320 e. The number of nitrogens with zero attached hydrogens (tertiary/aromatic N) is 5. The minimum absolute atomic E-state index is 0.230. The summed E-state index contributed by atoms with van der Waals surface area (Å²) < 4.78 is 12.9. The predicted octanol–water partition coefficient (Wildman–Crippen LogP) is 2.65. The molecular formula is C22H25N7O2. The van der Waals surface area contributed by atoms with Gasteiger partial charge in [0.05, 0.1) is 26.5 Å². The van der Waals surface area contributed by atoms with Crippen LogP contribution in [0.1, 0.15) is 18.1 Å². The van der Waals surface area contributed by atoms with Crippen molar-refractivity contribution in [1.82, 2.24) is 29.8 Å². The molecule has 31 heavy (non-hydrogen) atoms.